The van der Waals surface area contributed by atoms with E-state index in [9.17, 15) is 0 Å². The Morgan fingerprint density at radius 1 is 0.375 bits per heavy atom. The van der Waals surface area contributed by atoms with E-state index < -0.39 is 0 Å². The van der Waals surface area contributed by atoms with Crippen molar-refractivity contribution in [1.82, 2.24) is 15.0 Å². The normalized spacial score (nSPS) is 13.8. The Kier molecular flexibility index (Phi) is 8.42. The molecule has 0 bridgehead atoms. The summed E-state index contributed by atoms with van der Waals surface area (Å²) in [6, 6.07) is 59.8. The SMILES string of the molecule is [C-]#[N+]c1ccc2c(c1)-c1ccc(-c3cccc(-c4cccc(-c5cccc(-c6nc(-c7ccccc7)nc(-c7ccccc7)n6)c5)c4)c3)cc1C21CCCCC1. The van der Waals surface area contributed by atoms with Crippen molar-refractivity contribution in [2.45, 2.75) is 37.5 Å². The molecule has 0 saturated heterocycles. The van der Waals surface area contributed by atoms with Crippen molar-refractivity contribution in [3.05, 3.63) is 192 Å². The maximum atomic E-state index is 7.66. The van der Waals surface area contributed by atoms with Crippen molar-refractivity contribution in [2.75, 3.05) is 0 Å². The smallest absolute Gasteiger partial charge is 0.187 e. The third kappa shape index (κ3) is 5.99. The molecule has 56 heavy (non-hydrogen) atoms. The Morgan fingerprint density at radius 3 is 1.38 bits per heavy atom. The third-order valence-corrected chi connectivity index (χ3v) is 11.7. The fourth-order valence-electron chi connectivity index (χ4n) is 8.97. The summed E-state index contributed by atoms with van der Waals surface area (Å²) in [7, 11) is 0. The van der Waals surface area contributed by atoms with Crippen LogP contribution in [0.1, 0.15) is 43.2 Å². The molecule has 4 nitrogen and oxygen atoms in total. The average Bonchev–Trinajstić information content (AvgIpc) is 3.54. The molecule has 1 fully saturated rings. The Morgan fingerprint density at radius 2 is 0.839 bits per heavy atom. The lowest BCUT2D eigenvalue weighted by Crippen LogP contribution is -2.28. The van der Waals surface area contributed by atoms with Crippen LogP contribution in [0.3, 0.4) is 0 Å². The maximum Gasteiger partial charge on any atom is 0.187 e. The molecule has 2 aliphatic rings. The highest BCUT2D eigenvalue weighted by Gasteiger charge is 2.43. The van der Waals surface area contributed by atoms with Gasteiger partial charge in [-0.2, -0.15) is 0 Å². The molecule has 8 aromatic rings. The number of hydrogen-bond donors (Lipinski definition) is 0. The highest BCUT2D eigenvalue weighted by Crippen LogP contribution is 2.57. The molecular weight excluding hydrogens is 681 g/mol. The van der Waals surface area contributed by atoms with Gasteiger partial charge in [-0.3, -0.25) is 0 Å². The van der Waals surface area contributed by atoms with Crippen LogP contribution < -0.4 is 0 Å². The molecule has 0 atom stereocenters. The Labute approximate surface area is 328 Å². The highest BCUT2D eigenvalue weighted by molar-refractivity contribution is 5.87. The minimum absolute atomic E-state index is 0.0352. The van der Waals surface area contributed by atoms with Crippen LogP contribution in [0.4, 0.5) is 5.69 Å². The molecule has 0 unspecified atom stereocenters. The van der Waals surface area contributed by atoms with E-state index in [1.165, 1.54) is 58.2 Å². The van der Waals surface area contributed by atoms with Crippen LogP contribution >= 0.6 is 0 Å². The fraction of sp³-hybridized carbons (Fsp3) is 0.115. The maximum absolute atomic E-state index is 7.66. The molecule has 1 saturated carbocycles. The van der Waals surface area contributed by atoms with E-state index in [0.29, 0.717) is 23.2 Å². The summed E-state index contributed by atoms with van der Waals surface area (Å²) in [5, 5.41) is 0. The molecule has 0 N–H and O–H groups in total. The first-order chi connectivity index (χ1) is 27.6. The Balaban J connectivity index is 0.994. The molecule has 1 spiro atoms. The Bertz CT molecular complexity index is 2740. The van der Waals surface area contributed by atoms with Crippen LogP contribution in [0, 0.1) is 6.57 Å². The van der Waals surface area contributed by atoms with Gasteiger partial charge in [-0.05, 0) is 98.8 Å². The zero-order valence-corrected chi connectivity index (χ0v) is 31.0. The third-order valence-electron chi connectivity index (χ3n) is 11.7. The lowest BCUT2D eigenvalue weighted by atomic mass is 9.67. The van der Waals surface area contributed by atoms with Crippen LogP contribution in [0.5, 0.6) is 0 Å². The first-order valence-corrected chi connectivity index (χ1v) is 19.5. The number of fused-ring (bicyclic) bond motifs is 5. The van der Waals surface area contributed by atoms with Gasteiger partial charge in [0.1, 0.15) is 0 Å². The first-order valence-electron chi connectivity index (χ1n) is 19.5. The van der Waals surface area contributed by atoms with Crippen LogP contribution in [0.15, 0.2) is 170 Å². The van der Waals surface area contributed by atoms with Crippen LogP contribution in [0.25, 0.3) is 83.5 Å². The summed E-state index contributed by atoms with van der Waals surface area (Å²) >= 11 is 0. The number of rotatable bonds is 6. The summed E-state index contributed by atoms with van der Waals surface area (Å²) in [6.45, 7) is 7.66. The lowest BCUT2D eigenvalue weighted by molar-refractivity contribution is 0.353. The van der Waals surface area contributed by atoms with Crippen molar-refractivity contribution in [3.8, 4) is 78.7 Å². The fourth-order valence-corrected chi connectivity index (χ4v) is 8.97. The molecular formula is C52H38N4. The van der Waals surface area contributed by atoms with Gasteiger partial charge < -0.3 is 0 Å². The van der Waals surface area contributed by atoms with Gasteiger partial charge in [-0.1, -0.05) is 159 Å². The second-order valence-corrected chi connectivity index (χ2v) is 15.0. The van der Waals surface area contributed by atoms with Crippen molar-refractivity contribution < 1.29 is 0 Å². The van der Waals surface area contributed by atoms with Crippen molar-refractivity contribution in [3.63, 3.8) is 0 Å². The summed E-state index contributed by atoms with van der Waals surface area (Å²) in [4.78, 5) is 18.6. The minimum Gasteiger partial charge on any atom is -0.238 e. The van der Waals surface area contributed by atoms with Gasteiger partial charge in [0.15, 0.2) is 23.2 Å². The van der Waals surface area contributed by atoms with Crippen molar-refractivity contribution >= 4 is 5.69 Å². The van der Waals surface area contributed by atoms with Gasteiger partial charge in [0, 0.05) is 22.1 Å². The van der Waals surface area contributed by atoms with Gasteiger partial charge in [0.05, 0.1) is 6.57 Å². The topological polar surface area (TPSA) is 43.0 Å². The quantitative estimate of drug-likeness (QED) is 0.161. The molecule has 7 aromatic carbocycles. The highest BCUT2D eigenvalue weighted by atomic mass is 15.0. The van der Waals surface area contributed by atoms with Crippen LogP contribution in [-0.4, -0.2) is 15.0 Å². The second-order valence-electron chi connectivity index (χ2n) is 15.0. The lowest BCUT2D eigenvalue weighted by Gasteiger charge is -2.36. The van der Waals surface area contributed by atoms with Gasteiger partial charge in [-0.15, -0.1) is 0 Å². The van der Waals surface area contributed by atoms with E-state index in [4.69, 9.17) is 21.5 Å². The molecule has 1 heterocycles. The average molecular weight is 719 g/mol. The number of nitrogens with zero attached hydrogens (tertiary/aromatic N) is 4. The Hall–Kier alpha value is -6.96. The van der Waals surface area contributed by atoms with Crippen molar-refractivity contribution in [1.29, 1.82) is 0 Å². The predicted octanol–water partition coefficient (Wildman–Crippen LogP) is 13.7. The van der Waals surface area contributed by atoms with E-state index in [0.717, 1.165) is 46.2 Å². The van der Waals surface area contributed by atoms with Gasteiger partial charge in [0.2, 0.25) is 0 Å². The number of hydrogen-bond acceptors (Lipinski definition) is 3. The summed E-state index contributed by atoms with van der Waals surface area (Å²) in [6.07, 6.45) is 6.09. The molecule has 1 aromatic heterocycles. The number of benzene rings is 7. The molecule has 10 rings (SSSR count). The van der Waals surface area contributed by atoms with Crippen LogP contribution in [-0.2, 0) is 5.41 Å². The summed E-state index contributed by atoms with van der Waals surface area (Å²) in [5.74, 6) is 1.94. The molecule has 266 valence electrons. The molecule has 0 aliphatic heterocycles. The second kappa shape index (κ2) is 14.0. The van der Waals surface area contributed by atoms with E-state index >= 15 is 0 Å². The van der Waals surface area contributed by atoms with Gasteiger partial charge in [0.25, 0.3) is 0 Å². The van der Waals surface area contributed by atoms with E-state index in [1.807, 2.05) is 66.7 Å². The monoisotopic (exact) mass is 718 g/mol. The molecule has 2 aliphatic carbocycles. The zero-order chi connectivity index (χ0) is 37.5. The standard InChI is InChI=1S/C52H38N4/c1-53-44-25-27-47-46(34-44)45-26-24-42(33-48(45)52(47)28-9-4-10-29-52)40-21-12-19-38(31-40)37-18-11-20-39(30-37)41-22-13-23-43(32-41)51-55-49(35-14-5-2-6-15-35)54-50(56-51)36-16-7-3-8-17-36/h2-3,5-8,11-27,30-34H,4,9-10,28-29H2. The van der Waals surface area contributed by atoms with E-state index in [-0.39, 0.29) is 5.41 Å². The molecule has 4 heteroatoms. The van der Waals surface area contributed by atoms with Gasteiger partial charge >= 0.3 is 0 Å². The molecule has 0 radical (unpaired) electrons. The zero-order valence-electron chi connectivity index (χ0n) is 31.0. The number of aromatic nitrogens is 3. The van der Waals surface area contributed by atoms with Crippen molar-refractivity contribution in [2.24, 2.45) is 0 Å². The largest absolute Gasteiger partial charge is 0.238 e. The summed E-state index contributed by atoms with van der Waals surface area (Å²) < 4.78 is 0. The first kappa shape index (κ1) is 33.6. The van der Waals surface area contributed by atoms with Crippen LogP contribution in [0.2, 0.25) is 0 Å². The minimum atomic E-state index is 0.0352. The predicted molar refractivity (Wildman–Crippen MR) is 228 cm³/mol. The van der Waals surface area contributed by atoms with E-state index in [2.05, 4.69) is 108 Å². The van der Waals surface area contributed by atoms with E-state index in [1.54, 1.807) is 0 Å². The molecule has 0 amide bonds. The summed E-state index contributed by atoms with van der Waals surface area (Å²) in [5.41, 5.74) is 16.0. The van der Waals surface area contributed by atoms with Gasteiger partial charge in [-0.25, -0.2) is 19.8 Å².